The van der Waals surface area contributed by atoms with Crippen LogP contribution in [-0.2, 0) is 42.2 Å². The second-order valence-corrected chi connectivity index (χ2v) is 5.20. The Labute approximate surface area is 159 Å². The van der Waals surface area contributed by atoms with Crippen LogP contribution < -0.4 is 0 Å². The minimum atomic E-state index is -0.998. The van der Waals surface area contributed by atoms with Crippen LogP contribution in [-0.4, -0.2) is 18.2 Å². The fourth-order valence-corrected chi connectivity index (χ4v) is 2.45. The molecule has 0 unspecified atom stereocenters. The SMILES string of the molecule is CCCCCCCCC(=C(OC)C(=O)O)c1ccccc1.[O-2].[O-2].[Ti+4]. The van der Waals surface area contributed by atoms with Gasteiger partial charge in [-0.2, -0.15) is 0 Å². The predicted octanol–water partition coefficient (Wildman–Crippen LogP) is 4.64. The van der Waals surface area contributed by atoms with E-state index in [0.717, 1.165) is 30.4 Å². The Bertz CT molecular complexity index is 460. The van der Waals surface area contributed by atoms with Gasteiger partial charge in [0.1, 0.15) is 0 Å². The van der Waals surface area contributed by atoms with E-state index >= 15 is 0 Å². The number of benzene rings is 1. The van der Waals surface area contributed by atoms with Gasteiger partial charge in [0.15, 0.2) is 0 Å². The molecule has 1 N–H and O–H groups in total. The van der Waals surface area contributed by atoms with E-state index in [1.165, 1.54) is 32.8 Å². The Balaban J connectivity index is -0.00000147. The van der Waals surface area contributed by atoms with Gasteiger partial charge in [0.25, 0.3) is 0 Å². The van der Waals surface area contributed by atoms with Gasteiger partial charge in [-0.3, -0.25) is 0 Å². The molecule has 0 radical (unpaired) electrons. The first-order chi connectivity index (χ1) is 10.2. The van der Waals surface area contributed by atoms with Crippen molar-refractivity contribution in [3.05, 3.63) is 41.7 Å². The molecule has 0 aromatic heterocycles. The molecule has 0 aliphatic rings. The van der Waals surface area contributed by atoms with Gasteiger partial charge in [0, 0.05) is 5.57 Å². The molecule has 0 aliphatic carbocycles. The van der Waals surface area contributed by atoms with E-state index in [4.69, 9.17) is 4.74 Å². The molecule has 5 nitrogen and oxygen atoms in total. The van der Waals surface area contributed by atoms with E-state index < -0.39 is 5.97 Å². The summed E-state index contributed by atoms with van der Waals surface area (Å²) in [7, 11) is 1.42. The summed E-state index contributed by atoms with van der Waals surface area (Å²) in [6.07, 6.45) is 7.86. The van der Waals surface area contributed by atoms with Crippen LogP contribution in [0.3, 0.4) is 0 Å². The Kier molecular flexibility index (Phi) is 19.3. The summed E-state index contributed by atoms with van der Waals surface area (Å²) in [5, 5.41) is 9.29. The molecule has 0 atom stereocenters. The van der Waals surface area contributed by atoms with E-state index in [1.807, 2.05) is 30.3 Å². The van der Waals surface area contributed by atoms with Crippen LogP contribution in [0.1, 0.15) is 57.4 Å². The average molecular weight is 370 g/mol. The van der Waals surface area contributed by atoms with Crippen molar-refractivity contribution in [1.82, 2.24) is 0 Å². The number of hydrogen-bond acceptors (Lipinski definition) is 2. The molecule has 6 heteroatoms. The molecule has 132 valence electrons. The van der Waals surface area contributed by atoms with Gasteiger partial charge >= 0.3 is 27.7 Å². The number of hydrogen-bond donors (Lipinski definition) is 1. The molecule has 1 aromatic rings. The molecule has 0 amide bonds. The van der Waals surface area contributed by atoms with Gasteiger partial charge in [-0.25, -0.2) is 4.79 Å². The van der Waals surface area contributed by atoms with Gasteiger partial charge in [0.05, 0.1) is 7.11 Å². The van der Waals surface area contributed by atoms with Crippen LogP contribution in [0.5, 0.6) is 0 Å². The summed E-state index contributed by atoms with van der Waals surface area (Å²) < 4.78 is 5.10. The van der Waals surface area contributed by atoms with Gasteiger partial charge in [-0.15, -0.1) is 0 Å². The van der Waals surface area contributed by atoms with Crippen molar-refractivity contribution in [3.8, 4) is 0 Å². The van der Waals surface area contributed by atoms with Crippen molar-refractivity contribution in [3.63, 3.8) is 0 Å². The fraction of sp³-hybridized carbons (Fsp3) is 0.500. The minimum absolute atomic E-state index is 0. The molecule has 1 rings (SSSR count). The van der Waals surface area contributed by atoms with E-state index in [0.29, 0.717) is 0 Å². The predicted molar refractivity (Wildman–Crippen MR) is 87.4 cm³/mol. The number of allylic oxidation sites excluding steroid dienone is 1. The van der Waals surface area contributed by atoms with E-state index in [9.17, 15) is 9.90 Å². The largest absolute Gasteiger partial charge is 4.00 e. The number of methoxy groups -OCH3 is 1. The zero-order valence-corrected chi connectivity index (χ0v) is 16.0. The third kappa shape index (κ3) is 9.88. The minimum Gasteiger partial charge on any atom is -2.00 e. The van der Waals surface area contributed by atoms with E-state index in [2.05, 4.69) is 6.92 Å². The number of carbonyl (C=O) groups is 1. The topological polar surface area (TPSA) is 104 Å². The molecule has 24 heavy (non-hydrogen) atoms. The summed E-state index contributed by atoms with van der Waals surface area (Å²) >= 11 is 0. The number of rotatable bonds is 10. The van der Waals surface area contributed by atoms with Crippen molar-refractivity contribution in [2.24, 2.45) is 0 Å². The summed E-state index contributed by atoms with van der Waals surface area (Å²) in [6, 6.07) is 9.65. The zero-order valence-electron chi connectivity index (χ0n) is 14.4. The Morgan fingerprint density at radius 3 is 2.04 bits per heavy atom. The third-order valence-electron chi connectivity index (χ3n) is 3.58. The summed E-state index contributed by atoms with van der Waals surface area (Å²) in [5.41, 5.74) is 1.73. The molecule has 0 aliphatic heterocycles. The maximum absolute atomic E-state index is 11.3. The van der Waals surface area contributed by atoms with Crippen LogP contribution in [0.4, 0.5) is 0 Å². The monoisotopic (exact) mass is 370 g/mol. The zero-order chi connectivity index (χ0) is 15.5. The maximum Gasteiger partial charge on any atom is 4.00 e. The number of unbranched alkanes of at least 4 members (excludes halogenated alkanes) is 5. The maximum atomic E-state index is 11.3. The van der Waals surface area contributed by atoms with Crippen LogP contribution >= 0.6 is 0 Å². The standard InChI is InChI=1S/C18H26O3.2O.Ti/c1-3-4-5-6-7-11-14-16(17(21-2)18(19)20)15-12-9-8-10-13-15;;;/h8-10,12-13H,3-7,11,14H2,1-2H3,(H,19,20);;;/q;2*-2;+4. The molecular weight excluding hydrogens is 344 g/mol. The van der Waals surface area contributed by atoms with Gasteiger partial charge in [-0.1, -0.05) is 69.4 Å². The van der Waals surface area contributed by atoms with E-state index in [-0.39, 0.29) is 38.4 Å². The number of aliphatic carboxylic acids is 1. The second-order valence-electron chi connectivity index (χ2n) is 5.20. The molecule has 0 spiro atoms. The number of ether oxygens (including phenoxy) is 1. The van der Waals surface area contributed by atoms with Gasteiger partial charge < -0.3 is 20.8 Å². The second kappa shape index (κ2) is 16.7. The first-order valence-corrected chi connectivity index (χ1v) is 7.76. The normalized spacial score (nSPS) is 10.4. The number of carboxylic acids is 1. The van der Waals surface area contributed by atoms with Crippen LogP contribution in [0, 0.1) is 0 Å². The third-order valence-corrected chi connectivity index (χ3v) is 3.58. The molecular formula is C18H26O5Ti. The molecule has 0 heterocycles. The van der Waals surface area contributed by atoms with Crippen molar-refractivity contribution < 1.29 is 47.3 Å². The van der Waals surface area contributed by atoms with Crippen LogP contribution in [0.15, 0.2) is 36.1 Å². The quantitative estimate of drug-likeness (QED) is 0.281. The fourth-order valence-electron chi connectivity index (χ4n) is 2.45. The smallest absolute Gasteiger partial charge is 2.00 e. The molecule has 1 aromatic carbocycles. The summed E-state index contributed by atoms with van der Waals surface area (Å²) in [4.78, 5) is 11.3. The Morgan fingerprint density at radius 1 is 1.00 bits per heavy atom. The summed E-state index contributed by atoms with van der Waals surface area (Å²) in [6.45, 7) is 2.20. The van der Waals surface area contributed by atoms with Crippen LogP contribution in [0.2, 0.25) is 0 Å². The van der Waals surface area contributed by atoms with Crippen molar-refractivity contribution in [1.29, 1.82) is 0 Å². The first kappa shape index (κ1) is 27.7. The van der Waals surface area contributed by atoms with Crippen molar-refractivity contribution >= 4 is 11.5 Å². The number of carboxylic acid groups (broad SMARTS) is 1. The first-order valence-electron chi connectivity index (χ1n) is 7.76. The summed E-state index contributed by atoms with van der Waals surface area (Å²) in [5.74, 6) is -0.933. The average Bonchev–Trinajstić information content (AvgIpc) is 2.50. The Hall–Kier alpha value is -1.14. The van der Waals surface area contributed by atoms with Crippen molar-refractivity contribution in [2.45, 2.75) is 51.9 Å². The molecule has 0 bridgehead atoms. The Morgan fingerprint density at radius 2 is 1.54 bits per heavy atom. The van der Waals surface area contributed by atoms with Gasteiger partial charge in [0.2, 0.25) is 5.76 Å². The van der Waals surface area contributed by atoms with Gasteiger partial charge in [-0.05, 0) is 18.4 Å². The van der Waals surface area contributed by atoms with Crippen LogP contribution in [0.25, 0.3) is 5.57 Å². The van der Waals surface area contributed by atoms with E-state index in [1.54, 1.807) is 0 Å². The molecule has 0 saturated carbocycles. The van der Waals surface area contributed by atoms with Crippen molar-refractivity contribution in [2.75, 3.05) is 7.11 Å². The molecule has 0 saturated heterocycles. The molecule has 0 fully saturated rings.